The van der Waals surface area contributed by atoms with E-state index in [2.05, 4.69) is 4.98 Å². The van der Waals surface area contributed by atoms with Gasteiger partial charge >= 0.3 is 0 Å². The van der Waals surface area contributed by atoms with Crippen molar-refractivity contribution in [2.75, 3.05) is 31.3 Å². The Balaban J connectivity index is 2.14. The fourth-order valence-electron chi connectivity index (χ4n) is 2.13. The van der Waals surface area contributed by atoms with Gasteiger partial charge in [-0.3, -0.25) is 4.79 Å². The van der Waals surface area contributed by atoms with E-state index in [9.17, 15) is 13.2 Å². The summed E-state index contributed by atoms with van der Waals surface area (Å²) >= 11 is 12.2. The van der Waals surface area contributed by atoms with Gasteiger partial charge in [0.2, 0.25) is 0 Å². The van der Waals surface area contributed by atoms with Crippen LogP contribution in [0, 0.1) is 0 Å². The lowest BCUT2D eigenvalue weighted by molar-refractivity contribution is 0.0802. The van der Waals surface area contributed by atoms with Gasteiger partial charge in [-0.05, 0) is 18.2 Å². The first-order valence-electron chi connectivity index (χ1n) is 7.83. The molecule has 146 valence electrons. The Kier molecular flexibility index (Phi) is 6.91. The van der Waals surface area contributed by atoms with Gasteiger partial charge in [-0.15, -0.1) is 0 Å². The largest absolute Gasteiger partial charge is 0.485 e. The van der Waals surface area contributed by atoms with Crippen molar-refractivity contribution in [2.45, 2.75) is 6.61 Å². The number of pyridine rings is 1. The number of carbonyl (C=O) groups is 1. The van der Waals surface area contributed by atoms with Crippen molar-refractivity contribution in [3.05, 3.63) is 51.6 Å². The van der Waals surface area contributed by atoms with Crippen molar-refractivity contribution in [1.82, 2.24) is 9.88 Å². The van der Waals surface area contributed by atoms with Gasteiger partial charge in [-0.2, -0.15) is 0 Å². The Morgan fingerprint density at radius 2 is 1.93 bits per heavy atom. The molecule has 10 heteroatoms. The number of nitrogens with zero attached hydrogens (tertiary/aromatic N) is 2. The highest BCUT2D eigenvalue weighted by Gasteiger charge is 2.17. The van der Waals surface area contributed by atoms with Crippen LogP contribution in [0.4, 0.5) is 5.82 Å². The maximum Gasteiger partial charge on any atom is 0.255 e. The van der Waals surface area contributed by atoms with Gasteiger partial charge in [0.25, 0.3) is 5.91 Å². The van der Waals surface area contributed by atoms with Crippen LogP contribution in [-0.4, -0.2) is 49.8 Å². The second-order valence-corrected chi connectivity index (χ2v) is 9.03. The van der Waals surface area contributed by atoms with Crippen molar-refractivity contribution < 1.29 is 17.9 Å². The van der Waals surface area contributed by atoms with E-state index in [0.29, 0.717) is 15.6 Å². The second kappa shape index (κ2) is 8.77. The maximum absolute atomic E-state index is 12.5. The number of anilines is 1. The lowest BCUT2D eigenvalue weighted by Crippen LogP contribution is -2.31. The van der Waals surface area contributed by atoms with Gasteiger partial charge in [0.05, 0.1) is 11.3 Å². The Morgan fingerprint density at radius 3 is 2.52 bits per heavy atom. The normalized spacial score (nSPS) is 11.3. The fraction of sp³-hybridized carbons (Fsp3) is 0.294. The zero-order valence-electron chi connectivity index (χ0n) is 14.8. The zero-order valence-corrected chi connectivity index (χ0v) is 17.1. The van der Waals surface area contributed by atoms with Crippen LogP contribution in [0.25, 0.3) is 0 Å². The molecule has 0 aliphatic carbocycles. The fourth-order valence-corrected chi connectivity index (χ4v) is 3.24. The first-order chi connectivity index (χ1) is 12.6. The summed E-state index contributed by atoms with van der Waals surface area (Å²) in [6.07, 6.45) is 2.42. The lowest BCUT2D eigenvalue weighted by Gasteiger charge is -2.17. The summed E-state index contributed by atoms with van der Waals surface area (Å²) in [6.45, 7) is 0.111. The molecule has 0 bridgehead atoms. The SMILES string of the molecule is CN(CCS(C)(=O)=O)C(=O)c1cnc(N)c(OCc2c(Cl)cccc2Cl)c1. The van der Waals surface area contributed by atoms with Crippen molar-refractivity contribution in [3.63, 3.8) is 0 Å². The van der Waals surface area contributed by atoms with Crippen molar-refractivity contribution in [2.24, 2.45) is 0 Å². The van der Waals surface area contributed by atoms with Gasteiger partial charge in [0.15, 0.2) is 11.6 Å². The summed E-state index contributed by atoms with van der Waals surface area (Å²) in [5.41, 5.74) is 6.62. The first-order valence-corrected chi connectivity index (χ1v) is 10.6. The Hall–Kier alpha value is -2.03. The lowest BCUT2D eigenvalue weighted by atomic mass is 10.2. The molecule has 2 N–H and O–H groups in total. The minimum Gasteiger partial charge on any atom is -0.485 e. The number of sulfone groups is 1. The number of hydrogen-bond acceptors (Lipinski definition) is 6. The predicted octanol–water partition coefficient (Wildman–Crippen LogP) is 2.67. The molecule has 1 aromatic heterocycles. The summed E-state index contributed by atoms with van der Waals surface area (Å²) < 4.78 is 28.2. The van der Waals surface area contributed by atoms with E-state index in [0.717, 1.165) is 6.26 Å². The van der Waals surface area contributed by atoms with Crippen molar-refractivity contribution in [3.8, 4) is 5.75 Å². The molecule has 0 aliphatic heterocycles. The number of rotatable bonds is 7. The summed E-state index contributed by atoms with van der Waals surface area (Å²) in [7, 11) is -1.67. The molecule has 2 aromatic rings. The molecule has 0 unspecified atom stereocenters. The second-order valence-electron chi connectivity index (χ2n) is 5.95. The highest BCUT2D eigenvalue weighted by molar-refractivity contribution is 7.90. The molecule has 0 saturated carbocycles. The number of benzene rings is 1. The van der Waals surface area contributed by atoms with E-state index >= 15 is 0 Å². The molecule has 27 heavy (non-hydrogen) atoms. The molecule has 2 rings (SSSR count). The van der Waals surface area contributed by atoms with E-state index in [4.69, 9.17) is 33.7 Å². The standard InChI is InChI=1S/C17H19Cl2N3O4S/c1-22(6-7-27(2,24)25)17(23)11-8-15(16(20)21-9-11)26-10-12-13(18)4-3-5-14(12)19/h3-5,8-9H,6-7,10H2,1-2H3,(H2,20,21). The molecule has 0 atom stereocenters. The maximum atomic E-state index is 12.5. The summed E-state index contributed by atoms with van der Waals surface area (Å²) in [5, 5.41) is 0.892. The van der Waals surface area contributed by atoms with Crippen LogP contribution in [0.15, 0.2) is 30.5 Å². The average Bonchev–Trinajstić information content (AvgIpc) is 2.59. The molecule has 0 spiro atoms. The Labute approximate surface area is 168 Å². The number of amides is 1. The third kappa shape index (κ3) is 5.98. The number of halogens is 2. The minimum absolute atomic E-state index is 0.0476. The summed E-state index contributed by atoms with van der Waals surface area (Å²) in [6, 6.07) is 6.54. The van der Waals surface area contributed by atoms with Gasteiger partial charge < -0.3 is 15.4 Å². The van der Waals surface area contributed by atoms with Gasteiger partial charge in [-0.1, -0.05) is 29.3 Å². The van der Waals surface area contributed by atoms with Crippen LogP contribution in [0.5, 0.6) is 5.75 Å². The van der Waals surface area contributed by atoms with Crippen LogP contribution in [0.3, 0.4) is 0 Å². The van der Waals surface area contributed by atoms with Crippen molar-refractivity contribution >= 4 is 44.8 Å². The summed E-state index contributed by atoms with van der Waals surface area (Å²) in [5.74, 6) is -0.222. The molecule has 1 aromatic carbocycles. The predicted molar refractivity (Wildman–Crippen MR) is 106 cm³/mol. The third-order valence-corrected chi connectivity index (χ3v) is 5.34. The first kappa shape index (κ1) is 21.3. The molecule has 0 fully saturated rings. The van der Waals surface area contributed by atoms with E-state index < -0.39 is 15.7 Å². The van der Waals surface area contributed by atoms with E-state index in [1.807, 2.05) is 0 Å². The number of nitrogen functional groups attached to an aromatic ring is 1. The van der Waals surface area contributed by atoms with Crippen LogP contribution in [0.1, 0.15) is 15.9 Å². The smallest absolute Gasteiger partial charge is 0.255 e. The average molecular weight is 432 g/mol. The monoisotopic (exact) mass is 431 g/mol. The quantitative estimate of drug-likeness (QED) is 0.722. The van der Waals surface area contributed by atoms with Crippen LogP contribution in [-0.2, 0) is 16.4 Å². The van der Waals surface area contributed by atoms with Crippen LogP contribution < -0.4 is 10.5 Å². The van der Waals surface area contributed by atoms with Crippen LogP contribution >= 0.6 is 23.2 Å². The molecular weight excluding hydrogens is 413 g/mol. The molecule has 0 radical (unpaired) electrons. The Bertz CT molecular complexity index is 931. The van der Waals surface area contributed by atoms with Gasteiger partial charge in [0.1, 0.15) is 16.4 Å². The molecule has 1 heterocycles. The van der Waals surface area contributed by atoms with E-state index in [1.54, 1.807) is 18.2 Å². The highest BCUT2D eigenvalue weighted by Crippen LogP contribution is 2.27. The molecular formula is C17H19Cl2N3O4S. The number of nitrogens with two attached hydrogens (primary N) is 1. The Morgan fingerprint density at radius 1 is 1.30 bits per heavy atom. The molecule has 0 saturated heterocycles. The number of hydrogen-bond donors (Lipinski definition) is 1. The number of carbonyl (C=O) groups excluding carboxylic acids is 1. The topological polar surface area (TPSA) is 103 Å². The number of aromatic nitrogens is 1. The van der Waals surface area contributed by atoms with Gasteiger partial charge in [-0.25, -0.2) is 13.4 Å². The molecule has 0 aliphatic rings. The van der Waals surface area contributed by atoms with Crippen LogP contribution in [0.2, 0.25) is 10.0 Å². The summed E-state index contributed by atoms with van der Waals surface area (Å²) in [4.78, 5) is 17.7. The molecule has 7 nitrogen and oxygen atoms in total. The minimum atomic E-state index is -3.18. The van der Waals surface area contributed by atoms with E-state index in [1.165, 1.54) is 24.2 Å². The van der Waals surface area contributed by atoms with E-state index in [-0.39, 0.29) is 36.0 Å². The third-order valence-electron chi connectivity index (χ3n) is 3.71. The molecule has 1 amide bonds. The van der Waals surface area contributed by atoms with Gasteiger partial charge in [0, 0.05) is 41.7 Å². The number of ether oxygens (including phenoxy) is 1. The zero-order chi connectivity index (χ0) is 20.2. The van der Waals surface area contributed by atoms with Crippen molar-refractivity contribution in [1.29, 1.82) is 0 Å². The highest BCUT2D eigenvalue weighted by atomic mass is 35.5.